The van der Waals surface area contributed by atoms with Crippen LogP contribution in [0.25, 0.3) is 0 Å². The van der Waals surface area contributed by atoms with Gasteiger partial charge in [0.25, 0.3) is 10.1 Å². The quantitative estimate of drug-likeness (QED) is 0.398. The first-order valence-corrected chi connectivity index (χ1v) is 4.04. The van der Waals surface area contributed by atoms with E-state index in [-0.39, 0.29) is 6.61 Å². The van der Waals surface area contributed by atoms with Crippen LogP contribution in [0, 0.1) is 0 Å². The van der Waals surface area contributed by atoms with Crippen molar-refractivity contribution in [3.05, 3.63) is 0 Å². The van der Waals surface area contributed by atoms with Crippen molar-refractivity contribution in [1.82, 2.24) is 0 Å². The van der Waals surface area contributed by atoms with Crippen molar-refractivity contribution < 1.29 is 12.6 Å². The van der Waals surface area contributed by atoms with Gasteiger partial charge in [0.1, 0.15) is 0 Å². The largest absolute Gasteiger partial charge is 0.282 e. The average Bonchev–Trinajstić information content (AvgIpc) is 1.63. The number of hydrogen-bond donors (Lipinski definition) is 0. The highest BCUT2D eigenvalue weighted by Gasteiger charge is 2.34. The van der Waals surface area contributed by atoms with E-state index < -0.39 is 14.3 Å². The highest BCUT2D eigenvalue weighted by Crippen LogP contribution is 2.21. The van der Waals surface area contributed by atoms with E-state index in [4.69, 9.17) is 0 Å². The fourth-order valence-corrected chi connectivity index (χ4v) is 1.34. The SMILES string of the molecule is O=S1(=O)OCC1Br. The van der Waals surface area contributed by atoms with Gasteiger partial charge < -0.3 is 0 Å². The lowest BCUT2D eigenvalue weighted by Gasteiger charge is -2.18. The second-order valence-electron chi connectivity index (χ2n) is 1.19. The molecule has 1 saturated heterocycles. The van der Waals surface area contributed by atoms with Crippen molar-refractivity contribution in [3.8, 4) is 0 Å². The molecule has 1 heterocycles. The summed E-state index contributed by atoms with van der Waals surface area (Å²) in [6.45, 7) is 0.280. The molecular formula is C2H3BrO3S. The Kier molecular flexibility index (Phi) is 1.13. The van der Waals surface area contributed by atoms with Crippen LogP contribution in [0.15, 0.2) is 0 Å². The summed E-state index contributed by atoms with van der Waals surface area (Å²) >= 11 is 2.87. The van der Waals surface area contributed by atoms with Gasteiger partial charge in [-0.25, -0.2) is 0 Å². The smallest absolute Gasteiger partial charge is 0.267 e. The Morgan fingerprint density at radius 2 is 2.14 bits per heavy atom. The summed E-state index contributed by atoms with van der Waals surface area (Å²) in [5.41, 5.74) is 0. The van der Waals surface area contributed by atoms with Gasteiger partial charge in [0.05, 0.1) is 6.61 Å². The molecule has 3 nitrogen and oxygen atoms in total. The Morgan fingerprint density at radius 3 is 2.14 bits per heavy atom. The minimum absolute atomic E-state index is 0.280. The summed E-state index contributed by atoms with van der Waals surface area (Å²) in [4.78, 5) is 0. The summed E-state index contributed by atoms with van der Waals surface area (Å²) in [5, 5.41) is 0. The van der Waals surface area contributed by atoms with Crippen LogP contribution >= 0.6 is 15.9 Å². The Labute approximate surface area is 49.9 Å². The molecule has 1 unspecified atom stereocenters. The van der Waals surface area contributed by atoms with Gasteiger partial charge in [-0.05, 0) is 0 Å². The van der Waals surface area contributed by atoms with E-state index in [0.29, 0.717) is 0 Å². The Bertz CT molecular complexity index is 160. The second-order valence-corrected chi connectivity index (χ2v) is 4.69. The molecule has 0 aromatic rings. The third-order valence-corrected chi connectivity index (χ3v) is 3.54. The molecule has 1 rings (SSSR count). The van der Waals surface area contributed by atoms with Crippen molar-refractivity contribution in [3.63, 3.8) is 0 Å². The third kappa shape index (κ3) is 0.802. The molecule has 0 aromatic heterocycles. The summed E-state index contributed by atoms with van der Waals surface area (Å²) in [5.74, 6) is 0. The minimum Gasteiger partial charge on any atom is -0.267 e. The van der Waals surface area contributed by atoms with Crippen LogP contribution in [-0.2, 0) is 14.3 Å². The predicted octanol–water partition coefficient (Wildman–Crippen LogP) is 0.0674. The zero-order valence-corrected chi connectivity index (χ0v) is 5.70. The van der Waals surface area contributed by atoms with Crippen LogP contribution in [0.4, 0.5) is 0 Å². The van der Waals surface area contributed by atoms with Crippen LogP contribution in [-0.4, -0.2) is 19.2 Å². The van der Waals surface area contributed by atoms with Gasteiger partial charge >= 0.3 is 0 Å². The summed E-state index contributed by atoms with van der Waals surface area (Å²) in [6, 6.07) is 0. The molecule has 0 aromatic carbocycles. The molecular weight excluding hydrogens is 184 g/mol. The monoisotopic (exact) mass is 186 g/mol. The molecule has 1 aliphatic rings. The van der Waals surface area contributed by atoms with E-state index >= 15 is 0 Å². The van der Waals surface area contributed by atoms with E-state index in [1.807, 2.05) is 0 Å². The highest BCUT2D eigenvalue weighted by molar-refractivity contribution is 9.11. The molecule has 0 bridgehead atoms. The summed E-state index contributed by atoms with van der Waals surface area (Å²) in [6.07, 6.45) is 0. The molecule has 0 amide bonds. The van der Waals surface area contributed by atoms with Crippen molar-refractivity contribution >= 4 is 26.0 Å². The van der Waals surface area contributed by atoms with Crippen LogP contribution in [0.2, 0.25) is 0 Å². The van der Waals surface area contributed by atoms with E-state index in [1.165, 1.54) is 0 Å². The fraction of sp³-hybridized carbons (Fsp3) is 1.00. The lowest BCUT2D eigenvalue weighted by molar-refractivity contribution is 0.278. The molecule has 0 spiro atoms. The highest BCUT2D eigenvalue weighted by atomic mass is 79.9. The predicted molar refractivity (Wildman–Crippen MR) is 27.6 cm³/mol. The Balaban J connectivity index is 2.79. The average molecular weight is 187 g/mol. The van der Waals surface area contributed by atoms with Crippen molar-refractivity contribution in [2.75, 3.05) is 6.61 Å². The van der Waals surface area contributed by atoms with Gasteiger partial charge in [0.2, 0.25) is 0 Å². The number of hydrogen-bond acceptors (Lipinski definition) is 3. The van der Waals surface area contributed by atoms with Crippen LogP contribution in [0.5, 0.6) is 0 Å². The maximum absolute atomic E-state index is 10.1. The normalized spacial score (nSPS) is 37.0. The van der Waals surface area contributed by atoms with Crippen molar-refractivity contribution in [2.45, 2.75) is 4.16 Å². The van der Waals surface area contributed by atoms with Gasteiger partial charge in [-0.3, -0.25) is 4.18 Å². The summed E-state index contributed by atoms with van der Waals surface area (Å²) in [7, 11) is -3.14. The van der Waals surface area contributed by atoms with Crippen LogP contribution in [0.3, 0.4) is 0 Å². The summed E-state index contributed by atoms with van der Waals surface area (Å²) < 4.78 is 24.0. The molecule has 0 radical (unpaired) electrons. The molecule has 1 aliphatic heterocycles. The second kappa shape index (κ2) is 1.43. The first kappa shape index (κ1) is 5.53. The molecule has 0 N–H and O–H groups in total. The first-order valence-electron chi connectivity index (χ1n) is 1.65. The van der Waals surface area contributed by atoms with E-state index in [1.54, 1.807) is 0 Å². The molecule has 1 atom stereocenters. The maximum atomic E-state index is 10.1. The molecule has 1 fully saturated rings. The first-order chi connectivity index (χ1) is 3.13. The zero-order chi connectivity index (χ0) is 5.49. The van der Waals surface area contributed by atoms with E-state index in [9.17, 15) is 8.42 Å². The Hall–Kier alpha value is 0.390. The lowest BCUT2D eigenvalue weighted by atomic mass is 10.9. The molecule has 7 heavy (non-hydrogen) atoms. The van der Waals surface area contributed by atoms with Gasteiger partial charge in [-0.1, -0.05) is 15.9 Å². The molecule has 5 heteroatoms. The number of halogens is 1. The van der Waals surface area contributed by atoms with Crippen molar-refractivity contribution in [1.29, 1.82) is 0 Å². The van der Waals surface area contributed by atoms with E-state index in [2.05, 4.69) is 20.1 Å². The lowest BCUT2D eigenvalue weighted by Crippen LogP contribution is -2.34. The Morgan fingerprint density at radius 1 is 1.71 bits per heavy atom. The fourth-order valence-electron chi connectivity index (χ4n) is 0.231. The van der Waals surface area contributed by atoms with Gasteiger partial charge in [-0.15, -0.1) is 0 Å². The third-order valence-electron chi connectivity index (χ3n) is 0.677. The molecule has 0 aliphatic carbocycles. The van der Waals surface area contributed by atoms with Gasteiger partial charge in [0.15, 0.2) is 4.16 Å². The van der Waals surface area contributed by atoms with Gasteiger partial charge in [0, 0.05) is 0 Å². The van der Waals surface area contributed by atoms with Crippen LogP contribution in [0.1, 0.15) is 0 Å². The zero-order valence-electron chi connectivity index (χ0n) is 3.30. The van der Waals surface area contributed by atoms with Gasteiger partial charge in [-0.2, -0.15) is 8.42 Å². The topological polar surface area (TPSA) is 43.4 Å². The minimum atomic E-state index is -3.14. The number of alkyl halides is 1. The maximum Gasteiger partial charge on any atom is 0.282 e. The molecule has 0 saturated carbocycles. The molecule has 42 valence electrons. The van der Waals surface area contributed by atoms with Crippen LogP contribution < -0.4 is 0 Å². The van der Waals surface area contributed by atoms with E-state index in [0.717, 1.165) is 0 Å². The number of rotatable bonds is 0. The standard InChI is InChI=1S/C2H3BrO3S/c3-2-1-6-7(2,4)5/h2H,1H2. The van der Waals surface area contributed by atoms with Crippen molar-refractivity contribution in [2.24, 2.45) is 0 Å².